The lowest BCUT2D eigenvalue weighted by Crippen LogP contribution is -2.32. The van der Waals surface area contributed by atoms with Crippen LogP contribution in [-0.4, -0.2) is 16.0 Å². The monoisotopic (exact) mass is 193 g/mol. The third-order valence-electron chi connectivity index (χ3n) is 3.25. The van der Waals surface area contributed by atoms with Crippen molar-refractivity contribution in [1.29, 1.82) is 0 Å². The molecule has 1 aliphatic rings. The van der Waals surface area contributed by atoms with Gasteiger partial charge in [-0.3, -0.25) is 0 Å². The first-order valence-corrected chi connectivity index (χ1v) is 5.66. The van der Waals surface area contributed by atoms with Gasteiger partial charge in [0.1, 0.15) is 0 Å². The highest BCUT2D eigenvalue weighted by atomic mass is 15.1. The molecule has 0 aliphatic heterocycles. The average Bonchev–Trinajstić information content (AvgIpc) is 2.71. The van der Waals surface area contributed by atoms with Crippen LogP contribution in [0.5, 0.6) is 0 Å². The van der Waals surface area contributed by atoms with Crippen molar-refractivity contribution in [1.82, 2.24) is 9.97 Å². The minimum Gasteiger partial charge on any atom is -0.353 e. The average molecular weight is 193 g/mol. The molecule has 2 atom stereocenters. The van der Waals surface area contributed by atoms with E-state index in [1.54, 1.807) is 6.20 Å². The lowest BCUT2D eigenvalue weighted by molar-refractivity contribution is 0.316. The lowest BCUT2D eigenvalue weighted by Gasteiger charge is -2.31. The summed E-state index contributed by atoms with van der Waals surface area (Å²) < 4.78 is 0. The first-order valence-electron chi connectivity index (χ1n) is 5.66. The van der Waals surface area contributed by atoms with Crippen molar-refractivity contribution < 1.29 is 0 Å². The number of H-pyrrole nitrogens is 1. The summed E-state index contributed by atoms with van der Waals surface area (Å²) in [4.78, 5) is 7.32. The van der Waals surface area contributed by atoms with Crippen LogP contribution >= 0.6 is 0 Å². The highest BCUT2D eigenvalue weighted by Crippen LogP contribution is 2.28. The van der Waals surface area contributed by atoms with Crippen LogP contribution in [0.15, 0.2) is 12.4 Å². The fourth-order valence-corrected chi connectivity index (χ4v) is 2.41. The van der Waals surface area contributed by atoms with Gasteiger partial charge < -0.3 is 10.3 Å². The number of rotatable bonds is 3. The molecule has 14 heavy (non-hydrogen) atoms. The Hall–Kier alpha value is -0.990. The minimum atomic E-state index is 0.625. The summed E-state index contributed by atoms with van der Waals surface area (Å²) in [6.07, 6.45) is 10.4. The summed E-state index contributed by atoms with van der Waals surface area (Å²) in [6, 6.07) is 0.625. The van der Waals surface area contributed by atoms with Gasteiger partial charge in [-0.05, 0) is 18.8 Å². The highest BCUT2D eigenvalue weighted by molar-refractivity contribution is 5.25. The number of hydrogen-bond donors (Lipinski definition) is 2. The van der Waals surface area contributed by atoms with Crippen LogP contribution in [-0.2, 0) is 0 Å². The quantitative estimate of drug-likeness (QED) is 0.775. The van der Waals surface area contributed by atoms with Gasteiger partial charge in [0.2, 0.25) is 0 Å². The molecule has 2 unspecified atom stereocenters. The predicted molar refractivity (Wildman–Crippen MR) is 58.2 cm³/mol. The molecular weight excluding hydrogens is 174 g/mol. The fourth-order valence-electron chi connectivity index (χ4n) is 2.41. The Morgan fingerprint density at radius 3 is 3.07 bits per heavy atom. The van der Waals surface area contributed by atoms with E-state index in [0.29, 0.717) is 6.04 Å². The number of nitrogens with one attached hydrogen (secondary N) is 2. The van der Waals surface area contributed by atoms with Crippen LogP contribution in [0.4, 0.5) is 5.95 Å². The zero-order valence-electron chi connectivity index (χ0n) is 8.79. The second-order valence-corrected chi connectivity index (χ2v) is 4.14. The van der Waals surface area contributed by atoms with Gasteiger partial charge in [-0.25, -0.2) is 4.98 Å². The van der Waals surface area contributed by atoms with Crippen LogP contribution in [0.3, 0.4) is 0 Å². The van der Waals surface area contributed by atoms with Crippen LogP contribution < -0.4 is 5.32 Å². The van der Waals surface area contributed by atoms with E-state index in [1.165, 1.54) is 32.1 Å². The molecule has 0 radical (unpaired) electrons. The van der Waals surface area contributed by atoms with Gasteiger partial charge in [-0.15, -0.1) is 0 Å². The highest BCUT2D eigenvalue weighted by Gasteiger charge is 2.23. The Morgan fingerprint density at radius 2 is 2.36 bits per heavy atom. The second kappa shape index (κ2) is 4.49. The summed E-state index contributed by atoms with van der Waals surface area (Å²) >= 11 is 0. The largest absolute Gasteiger partial charge is 0.353 e. The summed E-state index contributed by atoms with van der Waals surface area (Å²) in [7, 11) is 0. The van der Waals surface area contributed by atoms with Crippen molar-refractivity contribution in [2.45, 2.75) is 45.1 Å². The molecule has 3 nitrogen and oxygen atoms in total. The van der Waals surface area contributed by atoms with Crippen molar-refractivity contribution in [3.63, 3.8) is 0 Å². The maximum absolute atomic E-state index is 4.21. The predicted octanol–water partition coefficient (Wildman–Crippen LogP) is 2.79. The molecule has 1 aromatic heterocycles. The molecule has 0 spiro atoms. The Bertz CT molecular complexity index is 256. The van der Waals surface area contributed by atoms with Gasteiger partial charge >= 0.3 is 0 Å². The molecular formula is C11H19N3. The van der Waals surface area contributed by atoms with Gasteiger partial charge in [-0.1, -0.05) is 26.2 Å². The Morgan fingerprint density at radius 1 is 1.50 bits per heavy atom. The van der Waals surface area contributed by atoms with Gasteiger partial charge in [0.15, 0.2) is 5.95 Å². The standard InChI is InChI=1S/C11H19N3/c1-2-9-5-3-4-6-10(9)14-11-12-7-8-13-11/h7-10H,2-6H2,1H3,(H2,12,13,14). The molecule has 2 N–H and O–H groups in total. The van der Waals surface area contributed by atoms with Crippen molar-refractivity contribution >= 4 is 5.95 Å². The number of imidazole rings is 1. The summed E-state index contributed by atoms with van der Waals surface area (Å²) in [5.74, 6) is 1.75. The molecule has 1 fully saturated rings. The first kappa shape index (κ1) is 9.56. The molecule has 78 valence electrons. The summed E-state index contributed by atoms with van der Waals surface area (Å²) in [5.41, 5.74) is 0. The molecule has 2 rings (SSSR count). The fraction of sp³-hybridized carbons (Fsp3) is 0.727. The number of nitrogens with zero attached hydrogens (tertiary/aromatic N) is 1. The van der Waals surface area contributed by atoms with Gasteiger partial charge in [0.05, 0.1) is 0 Å². The molecule has 0 aromatic carbocycles. The van der Waals surface area contributed by atoms with E-state index in [-0.39, 0.29) is 0 Å². The molecule has 0 amide bonds. The molecule has 3 heteroatoms. The van der Waals surface area contributed by atoms with Crippen molar-refractivity contribution in [3.8, 4) is 0 Å². The second-order valence-electron chi connectivity index (χ2n) is 4.14. The van der Waals surface area contributed by atoms with Crippen molar-refractivity contribution in [3.05, 3.63) is 12.4 Å². The number of anilines is 1. The third-order valence-corrected chi connectivity index (χ3v) is 3.25. The zero-order chi connectivity index (χ0) is 9.80. The van der Waals surface area contributed by atoms with Crippen molar-refractivity contribution in [2.75, 3.05) is 5.32 Å². The molecule has 1 aromatic rings. The maximum Gasteiger partial charge on any atom is 0.200 e. The smallest absolute Gasteiger partial charge is 0.200 e. The lowest BCUT2D eigenvalue weighted by atomic mass is 9.83. The SMILES string of the molecule is CCC1CCCCC1Nc1ncc[nH]1. The van der Waals surface area contributed by atoms with Gasteiger partial charge in [0.25, 0.3) is 0 Å². The van der Waals surface area contributed by atoms with E-state index in [1.807, 2.05) is 6.20 Å². The van der Waals surface area contributed by atoms with E-state index < -0.39 is 0 Å². The van der Waals surface area contributed by atoms with E-state index >= 15 is 0 Å². The van der Waals surface area contributed by atoms with Crippen LogP contribution in [0.25, 0.3) is 0 Å². The maximum atomic E-state index is 4.21. The van der Waals surface area contributed by atoms with Gasteiger partial charge in [0, 0.05) is 18.4 Å². The molecule has 0 saturated heterocycles. The normalized spacial score (nSPS) is 27.5. The molecule has 1 aliphatic carbocycles. The summed E-state index contributed by atoms with van der Waals surface area (Å²) in [6.45, 7) is 2.28. The summed E-state index contributed by atoms with van der Waals surface area (Å²) in [5, 5.41) is 3.50. The van der Waals surface area contributed by atoms with Crippen LogP contribution in [0.2, 0.25) is 0 Å². The van der Waals surface area contributed by atoms with E-state index in [9.17, 15) is 0 Å². The van der Waals surface area contributed by atoms with Crippen LogP contribution in [0.1, 0.15) is 39.0 Å². The molecule has 1 heterocycles. The van der Waals surface area contributed by atoms with Crippen LogP contribution in [0, 0.1) is 5.92 Å². The third kappa shape index (κ3) is 2.08. The van der Waals surface area contributed by atoms with E-state index in [0.717, 1.165) is 11.9 Å². The number of hydrogen-bond acceptors (Lipinski definition) is 2. The Balaban J connectivity index is 1.94. The van der Waals surface area contributed by atoms with Crippen molar-refractivity contribution in [2.24, 2.45) is 5.92 Å². The topological polar surface area (TPSA) is 40.7 Å². The zero-order valence-corrected chi connectivity index (χ0v) is 8.79. The Labute approximate surface area is 85.3 Å². The van der Waals surface area contributed by atoms with Gasteiger partial charge in [-0.2, -0.15) is 0 Å². The minimum absolute atomic E-state index is 0.625. The number of aromatic amines is 1. The Kier molecular flexibility index (Phi) is 3.07. The van der Waals surface area contributed by atoms with E-state index in [4.69, 9.17) is 0 Å². The molecule has 1 saturated carbocycles. The molecule has 0 bridgehead atoms. The number of aromatic nitrogens is 2. The van der Waals surface area contributed by atoms with E-state index in [2.05, 4.69) is 22.2 Å². The first-order chi connectivity index (χ1) is 6.90.